The van der Waals surface area contributed by atoms with Crippen molar-refractivity contribution in [2.24, 2.45) is 0 Å². The molecule has 0 aliphatic rings. The molecule has 0 saturated carbocycles. The Balaban J connectivity index is 2.95. The first-order valence-electron chi connectivity index (χ1n) is 5.38. The molecule has 2 rings (SSSR count). The Morgan fingerprint density at radius 2 is 1.94 bits per heavy atom. The van der Waals surface area contributed by atoms with Crippen molar-refractivity contribution in [1.82, 2.24) is 4.57 Å². The zero-order valence-corrected chi connectivity index (χ0v) is 9.74. The molecule has 16 heavy (non-hydrogen) atoms. The average Bonchev–Trinajstić information content (AvgIpc) is 2.64. The van der Waals surface area contributed by atoms with Crippen molar-refractivity contribution in [3.63, 3.8) is 0 Å². The summed E-state index contributed by atoms with van der Waals surface area (Å²) in [5.74, 6) is -0.856. The van der Waals surface area contributed by atoms with Crippen LogP contribution in [0.3, 0.4) is 0 Å². The summed E-state index contributed by atoms with van der Waals surface area (Å²) in [6.07, 6.45) is 1.73. The van der Waals surface area contributed by atoms with E-state index < -0.39 is 5.97 Å². The van der Waals surface area contributed by atoms with E-state index >= 15 is 0 Å². The number of carboxylic acid groups (broad SMARTS) is 1. The topological polar surface area (TPSA) is 42.2 Å². The number of fused-ring (bicyclic) bond motifs is 1. The van der Waals surface area contributed by atoms with E-state index in [-0.39, 0.29) is 0 Å². The summed E-state index contributed by atoms with van der Waals surface area (Å²) in [4.78, 5) is 11.2. The van der Waals surface area contributed by atoms with Gasteiger partial charge in [0.05, 0.1) is 11.1 Å². The molecule has 84 valence electrons. The van der Waals surface area contributed by atoms with Crippen LogP contribution in [0.2, 0.25) is 0 Å². The number of aromatic carboxylic acids is 1. The minimum Gasteiger partial charge on any atom is -0.478 e. The predicted molar refractivity (Wildman–Crippen MR) is 64.0 cm³/mol. The van der Waals surface area contributed by atoms with Crippen LogP contribution in [0.25, 0.3) is 10.9 Å². The molecule has 0 bridgehead atoms. The summed E-state index contributed by atoms with van der Waals surface area (Å²) < 4.78 is 2.00. The number of benzene rings is 1. The lowest BCUT2D eigenvalue weighted by molar-refractivity contribution is 0.0698. The van der Waals surface area contributed by atoms with Crippen molar-refractivity contribution in [3.8, 4) is 0 Å². The fourth-order valence-corrected chi connectivity index (χ4v) is 2.20. The van der Waals surface area contributed by atoms with Gasteiger partial charge in [-0.25, -0.2) is 4.79 Å². The molecule has 0 saturated heterocycles. The van der Waals surface area contributed by atoms with Crippen molar-refractivity contribution in [2.75, 3.05) is 0 Å². The zero-order chi connectivity index (χ0) is 11.9. The molecular weight excluding hydrogens is 202 g/mol. The second-order valence-corrected chi connectivity index (χ2v) is 4.06. The Kier molecular flexibility index (Phi) is 2.46. The number of hydrogen-bond donors (Lipinski definition) is 1. The number of aryl methyl sites for hydroxylation is 3. The molecule has 0 spiro atoms. The maximum atomic E-state index is 11.2. The molecule has 0 fully saturated rings. The van der Waals surface area contributed by atoms with Crippen molar-refractivity contribution in [3.05, 3.63) is 35.0 Å². The minimum absolute atomic E-state index is 0.401. The monoisotopic (exact) mass is 217 g/mol. The van der Waals surface area contributed by atoms with Crippen LogP contribution in [0.5, 0.6) is 0 Å². The van der Waals surface area contributed by atoms with E-state index in [1.54, 1.807) is 6.20 Å². The number of hydrogen-bond acceptors (Lipinski definition) is 1. The van der Waals surface area contributed by atoms with E-state index in [4.69, 9.17) is 0 Å². The summed E-state index contributed by atoms with van der Waals surface area (Å²) in [6, 6.07) is 4.01. The molecular formula is C13H15NO2. The predicted octanol–water partition coefficient (Wildman–Crippen LogP) is 2.98. The molecule has 3 heteroatoms. The summed E-state index contributed by atoms with van der Waals surface area (Å²) in [6.45, 7) is 6.77. The first kappa shape index (κ1) is 10.7. The van der Waals surface area contributed by atoms with Crippen molar-refractivity contribution in [1.29, 1.82) is 0 Å². The van der Waals surface area contributed by atoms with Crippen LogP contribution in [0.1, 0.15) is 28.4 Å². The Morgan fingerprint density at radius 3 is 2.50 bits per heavy atom. The van der Waals surface area contributed by atoms with Crippen LogP contribution in [0.4, 0.5) is 0 Å². The van der Waals surface area contributed by atoms with Crippen LogP contribution < -0.4 is 0 Å². The van der Waals surface area contributed by atoms with Gasteiger partial charge in [-0.2, -0.15) is 0 Å². The van der Waals surface area contributed by atoms with E-state index in [2.05, 4.69) is 0 Å². The van der Waals surface area contributed by atoms with Crippen LogP contribution in [-0.2, 0) is 6.54 Å². The quantitative estimate of drug-likeness (QED) is 0.840. The second-order valence-electron chi connectivity index (χ2n) is 4.06. The molecule has 0 amide bonds. The standard InChI is InChI=1S/C13H15NO2/c1-4-14-7-10(13(15)16)11-8(2)5-6-9(3)12(11)14/h5-7H,4H2,1-3H3,(H,15,16). The van der Waals surface area contributed by atoms with Gasteiger partial charge in [-0.3, -0.25) is 0 Å². The largest absolute Gasteiger partial charge is 0.478 e. The molecule has 0 aliphatic carbocycles. The third kappa shape index (κ3) is 1.40. The molecule has 0 aliphatic heterocycles. The number of aromatic nitrogens is 1. The van der Waals surface area contributed by atoms with Gasteiger partial charge in [0.25, 0.3) is 0 Å². The minimum atomic E-state index is -0.856. The summed E-state index contributed by atoms with van der Waals surface area (Å²) in [5.41, 5.74) is 3.58. The third-order valence-corrected chi connectivity index (χ3v) is 3.00. The van der Waals surface area contributed by atoms with Crippen LogP contribution in [0.15, 0.2) is 18.3 Å². The highest BCUT2D eigenvalue weighted by Gasteiger charge is 2.16. The SMILES string of the molecule is CCn1cc(C(=O)O)c2c(C)ccc(C)c21. The third-order valence-electron chi connectivity index (χ3n) is 3.00. The Hall–Kier alpha value is -1.77. The normalized spacial score (nSPS) is 10.9. The molecule has 2 aromatic rings. The van der Waals surface area contributed by atoms with Gasteiger partial charge < -0.3 is 9.67 Å². The second kappa shape index (κ2) is 3.67. The number of rotatable bonds is 2. The lowest BCUT2D eigenvalue weighted by Gasteiger charge is -2.05. The average molecular weight is 217 g/mol. The molecule has 1 heterocycles. The molecule has 0 radical (unpaired) electrons. The molecule has 3 nitrogen and oxygen atoms in total. The zero-order valence-electron chi connectivity index (χ0n) is 9.74. The van der Waals surface area contributed by atoms with Gasteiger partial charge in [-0.15, -0.1) is 0 Å². The first-order valence-corrected chi connectivity index (χ1v) is 5.38. The van der Waals surface area contributed by atoms with E-state index in [1.165, 1.54) is 0 Å². The lowest BCUT2D eigenvalue weighted by atomic mass is 10.0. The molecule has 1 N–H and O–H groups in total. The number of carbonyl (C=O) groups is 1. The Labute approximate surface area is 94.3 Å². The summed E-state index contributed by atoms with van der Waals surface area (Å²) in [7, 11) is 0. The highest BCUT2D eigenvalue weighted by molar-refractivity contribution is 6.05. The Bertz CT molecular complexity index is 567. The number of carboxylic acids is 1. The fraction of sp³-hybridized carbons (Fsp3) is 0.308. The van der Waals surface area contributed by atoms with Gasteiger partial charge in [0, 0.05) is 18.1 Å². The molecule has 1 aromatic carbocycles. The number of nitrogens with zero attached hydrogens (tertiary/aromatic N) is 1. The smallest absolute Gasteiger partial charge is 0.337 e. The van der Waals surface area contributed by atoms with E-state index in [0.29, 0.717) is 5.56 Å². The lowest BCUT2D eigenvalue weighted by Crippen LogP contribution is -1.95. The highest BCUT2D eigenvalue weighted by Crippen LogP contribution is 2.27. The molecule has 1 aromatic heterocycles. The highest BCUT2D eigenvalue weighted by atomic mass is 16.4. The maximum absolute atomic E-state index is 11.2. The Morgan fingerprint density at radius 1 is 1.31 bits per heavy atom. The van der Waals surface area contributed by atoms with E-state index in [0.717, 1.165) is 28.6 Å². The summed E-state index contributed by atoms with van der Waals surface area (Å²) in [5, 5.41) is 10.1. The van der Waals surface area contributed by atoms with Gasteiger partial charge in [0.15, 0.2) is 0 Å². The van der Waals surface area contributed by atoms with Crippen LogP contribution in [-0.4, -0.2) is 15.6 Å². The fourth-order valence-electron chi connectivity index (χ4n) is 2.20. The van der Waals surface area contributed by atoms with Crippen molar-refractivity contribution < 1.29 is 9.90 Å². The molecule has 0 unspecified atom stereocenters. The first-order chi connectivity index (χ1) is 7.56. The van der Waals surface area contributed by atoms with Crippen LogP contribution in [0, 0.1) is 13.8 Å². The molecule has 0 atom stereocenters. The maximum Gasteiger partial charge on any atom is 0.337 e. The van der Waals surface area contributed by atoms with Gasteiger partial charge in [-0.05, 0) is 31.9 Å². The van der Waals surface area contributed by atoms with Gasteiger partial charge in [0.2, 0.25) is 0 Å². The van der Waals surface area contributed by atoms with Crippen molar-refractivity contribution in [2.45, 2.75) is 27.3 Å². The van der Waals surface area contributed by atoms with Crippen LogP contribution >= 0.6 is 0 Å². The van der Waals surface area contributed by atoms with Gasteiger partial charge >= 0.3 is 5.97 Å². The summed E-state index contributed by atoms with van der Waals surface area (Å²) >= 11 is 0. The van der Waals surface area contributed by atoms with E-state index in [1.807, 2.05) is 37.5 Å². The van der Waals surface area contributed by atoms with Gasteiger partial charge in [0.1, 0.15) is 0 Å². The van der Waals surface area contributed by atoms with E-state index in [9.17, 15) is 9.90 Å². The van der Waals surface area contributed by atoms with Gasteiger partial charge in [-0.1, -0.05) is 12.1 Å². The van der Waals surface area contributed by atoms with Crippen molar-refractivity contribution >= 4 is 16.9 Å².